The summed E-state index contributed by atoms with van der Waals surface area (Å²) < 4.78 is 0. The first-order valence-corrected chi connectivity index (χ1v) is 9.47. The lowest BCUT2D eigenvalue weighted by Gasteiger charge is -2.48. The molecule has 0 aromatic heterocycles. The maximum Gasteiger partial charge on any atom is 0.253 e. The van der Waals surface area contributed by atoms with E-state index >= 15 is 0 Å². The average molecular weight is 356 g/mol. The van der Waals surface area contributed by atoms with Crippen molar-refractivity contribution in [2.45, 2.75) is 51.6 Å². The van der Waals surface area contributed by atoms with Crippen LogP contribution in [0.4, 0.5) is 0 Å². The highest BCUT2D eigenvalue weighted by atomic mass is 16.2. The van der Waals surface area contributed by atoms with Gasteiger partial charge in [0, 0.05) is 12.6 Å². The van der Waals surface area contributed by atoms with E-state index in [2.05, 4.69) is 26.1 Å². The number of Topliss-reactive ketones (excluding diaryl/α,β-unsaturated/α-hetero) is 1. The van der Waals surface area contributed by atoms with Gasteiger partial charge in [0.05, 0.1) is 0 Å². The van der Waals surface area contributed by atoms with Crippen LogP contribution in [0.2, 0.25) is 0 Å². The molecular formula is C21H28N2O3. The van der Waals surface area contributed by atoms with Gasteiger partial charge >= 0.3 is 0 Å². The van der Waals surface area contributed by atoms with Crippen molar-refractivity contribution < 1.29 is 14.4 Å². The van der Waals surface area contributed by atoms with E-state index in [1.54, 1.807) is 36.2 Å². The Morgan fingerprint density at radius 3 is 2.46 bits per heavy atom. The summed E-state index contributed by atoms with van der Waals surface area (Å²) in [7, 11) is 1.72. The molecule has 26 heavy (non-hydrogen) atoms. The molecule has 1 spiro atoms. The van der Waals surface area contributed by atoms with Crippen LogP contribution >= 0.6 is 0 Å². The lowest BCUT2D eigenvalue weighted by atomic mass is 9.63. The molecule has 2 aliphatic rings. The molecule has 1 aliphatic carbocycles. The topological polar surface area (TPSA) is 66.5 Å². The number of nitrogens with one attached hydrogen (secondary N) is 1. The molecule has 2 amide bonds. The van der Waals surface area contributed by atoms with Gasteiger partial charge in [-0.2, -0.15) is 0 Å². The quantitative estimate of drug-likeness (QED) is 0.847. The van der Waals surface area contributed by atoms with Crippen LogP contribution in [0, 0.1) is 17.8 Å². The number of carbonyl (C=O) groups is 3. The first-order valence-electron chi connectivity index (χ1n) is 9.47. The third-order valence-corrected chi connectivity index (χ3v) is 6.22. The van der Waals surface area contributed by atoms with Gasteiger partial charge in [0.2, 0.25) is 0 Å². The predicted molar refractivity (Wildman–Crippen MR) is 99.5 cm³/mol. The van der Waals surface area contributed by atoms with Crippen LogP contribution in [0.5, 0.6) is 0 Å². The second-order valence-corrected chi connectivity index (χ2v) is 8.20. The van der Waals surface area contributed by atoms with E-state index in [-0.39, 0.29) is 23.5 Å². The van der Waals surface area contributed by atoms with Gasteiger partial charge < -0.3 is 10.2 Å². The number of hydrogen-bond donors (Lipinski definition) is 1. The largest absolute Gasteiger partial charge is 0.334 e. The van der Waals surface area contributed by atoms with Crippen LogP contribution in [0.15, 0.2) is 30.3 Å². The highest BCUT2D eigenvalue weighted by Crippen LogP contribution is 2.48. The van der Waals surface area contributed by atoms with Gasteiger partial charge in [0.25, 0.3) is 11.8 Å². The van der Waals surface area contributed by atoms with E-state index in [9.17, 15) is 14.4 Å². The van der Waals surface area contributed by atoms with Crippen LogP contribution in [-0.2, 0) is 9.59 Å². The lowest BCUT2D eigenvalue weighted by Crippen LogP contribution is -2.58. The number of carbonyl (C=O) groups excluding carboxylic acids is 3. The molecule has 2 fully saturated rings. The van der Waals surface area contributed by atoms with Gasteiger partial charge in [-0.15, -0.1) is 0 Å². The Morgan fingerprint density at radius 2 is 1.85 bits per heavy atom. The zero-order chi connectivity index (χ0) is 19.1. The van der Waals surface area contributed by atoms with Crippen LogP contribution in [-0.4, -0.2) is 41.1 Å². The fourth-order valence-corrected chi connectivity index (χ4v) is 4.89. The SMILES string of the molecule is CC(C)[C@@H]1CC[C@@H](C)C[C@@]12C(=O)C(NC(=O)c1ccccc1)C(=O)N2C. The smallest absolute Gasteiger partial charge is 0.253 e. The molecule has 1 saturated heterocycles. The summed E-state index contributed by atoms with van der Waals surface area (Å²) in [6.07, 6.45) is 2.68. The molecule has 1 unspecified atom stereocenters. The van der Waals surface area contributed by atoms with Crippen molar-refractivity contribution in [3.63, 3.8) is 0 Å². The number of benzene rings is 1. The van der Waals surface area contributed by atoms with Crippen molar-refractivity contribution in [1.82, 2.24) is 10.2 Å². The van der Waals surface area contributed by atoms with E-state index in [4.69, 9.17) is 0 Å². The van der Waals surface area contributed by atoms with E-state index in [1.807, 2.05) is 6.07 Å². The maximum absolute atomic E-state index is 13.5. The van der Waals surface area contributed by atoms with Crippen molar-refractivity contribution in [3.8, 4) is 0 Å². The van der Waals surface area contributed by atoms with Crippen molar-refractivity contribution in [3.05, 3.63) is 35.9 Å². The van der Waals surface area contributed by atoms with E-state index in [0.29, 0.717) is 23.8 Å². The minimum absolute atomic E-state index is 0.124. The summed E-state index contributed by atoms with van der Waals surface area (Å²) in [5.74, 6) is -0.0110. The molecule has 1 aromatic carbocycles. The third kappa shape index (κ3) is 2.83. The van der Waals surface area contributed by atoms with Gasteiger partial charge in [-0.05, 0) is 42.7 Å². The Morgan fingerprint density at radius 1 is 1.19 bits per heavy atom. The molecule has 5 nitrogen and oxygen atoms in total. The van der Waals surface area contributed by atoms with Crippen molar-refractivity contribution in [2.24, 2.45) is 17.8 Å². The van der Waals surface area contributed by atoms with Crippen LogP contribution in [0.3, 0.4) is 0 Å². The Hall–Kier alpha value is -2.17. The van der Waals surface area contributed by atoms with Crippen molar-refractivity contribution >= 4 is 17.6 Å². The van der Waals surface area contributed by atoms with E-state index in [0.717, 1.165) is 12.8 Å². The van der Waals surface area contributed by atoms with E-state index in [1.165, 1.54) is 0 Å². The van der Waals surface area contributed by atoms with Crippen LogP contribution in [0.25, 0.3) is 0 Å². The monoisotopic (exact) mass is 356 g/mol. The zero-order valence-corrected chi connectivity index (χ0v) is 16.0. The van der Waals surface area contributed by atoms with Gasteiger partial charge in [0.15, 0.2) is 11.8 Å². The second kappa shape index (κ2) is 6.86. The fourth-order valence-electron chi connectivity index (χ4n) is 4.89. The van der Waals surface area contributed by atoms with E-state index < -0.39 is 11.6 Å². The predicted octanol–water partition coefficient (Wildman–Crippen LogP) is 2.66. The third-order valence-electron chi connectivity index (χ3n) is 6.22. The Bertz CT molecular complexity index is 715. The number of rotatable bonds is 3. The number of hydrogen-bond acceptors (Lipinski definition) is 3. The van der Waals surface area contributed by atoms with Gasteiger partial charge in [0.1, 0.15) is 5.54 Å². The Balaban J connectivity index is 1.91. The number of ketones is 1. The first kappa shape index (κ1) is 18.6. The summed E-state index contributed by atoms with van der Waals surface area (Å²) in [6.45, 7) is 6.37. The minimum Gasteiger partial charge on any atom is -0.334 e. The molecule has 1 heterocycles. The lowest BCUT2D eigenvalue weighted by molar-refractivity contribution is -0.138. The molecule has 0 radical (unpaired) electrons. The number of amides is 2. The van der Waals surface area contributed by atoms with Crippen molar-refractivity contribution in [1.29, 1.82) is 0 Å². The summed E-state index contributed by atoms with van der Waals surface area (Å²) in [5.41, 5.74) is -0.341. The van der Waals surface area contributed by atoms with Crippen LogP contribution < -0.4 is 5.32 Å². The zero-order valence-electron chi connectivity index (χ0n) is 16.0. The summed E-state index contributed by atoms with van der Waals surface area (Å²) in [5, 5.41) is 2.69. The highest BCUT2D eigenvalue weighted by molar-refractivity contribution is 6.18. The molecule has 0 bridgehead atoms. The molecule has 1 aliphatic heterocycles. The molecule has 3 rings (SSSR count). The Kier molecular flexibility index (Phi) is 4.91. The molecule has 4 atom stereocenters. The molecule has 1 aromatic rings. The average Bonchev–Trinajstić information content (AvgIpc) is 2.78. The molecular weight excluding hydrogens is 328 g/mol. The molecule has 140 valence electrons. The van der Waals surface area contributed by atoms with Gasteiger partial charge in [-0.25, -0.2) is 0 Å². The molecule has 5 heteroatoms. The first-order chi connectivity index (χ1) is 12.3. The summed E-state index contributed by atoms with van der Waals surface area (Å²) in [6, 6.07) is 7.62. The standard InChI is InChI=1S/C21H28N2O3/c1-13(2)16-11-10-14(3)12-21(16)18(24)17(20(26)23(21)4)22-19(25)15-8-6-5-7-9-15/h5-9,13-14,16-17H,10-12H2,1-4H3,(H,22,25)/t14-,16+,17?,21+/m1/s1. The minimum atomic E-state index is -1.08. The van der Waals surface area contributed by atoms with Crippen molar-refractivity contribution in [2.75, 3.05) is 7.05 Å². The summed E-state index contributed by atoms with van der Waals surface area (Å²) >= 11 is 0. The number of likely N-dealkylation sites (tertiary alicyclic amines) is 1. The van der Waals surface area contributed by atoms with Gasteiger partial charge in [-0.1, -0.05) is 45.4 Å². The fraction of sp³-hybridized carbons (Fsp3) is 0.571. The van der Waals surface area contributed by atoms with Gasteiger partial charge in [-0.3, -0.25) is 14.4 Å². The maximum atomic E-state index is 13.5. The normalized spacial score (nSPS) is 31.7. The van der Waals surface area contributed by atoms with Crippen LogP contribution in [0.1, 0.15) is 50.4 Å². The highest BCUT2D eigenvalue weighted by Gasteiger charge is 2.62. The summed E-state index contributed by atoms with van der Waals surface area (Å²) in [4.78, 5) is 40.5. The number of likely N-dealkylation sites (N-methyl/N-ethyl adjacent to an activating group) is 1. The second-order valence-electron chi connectivity index (χ2n) is 8.20. The number of nitrogens with zero attached hydrogens (tertiary/aromatic N) is 1. The molecule has 1 N–H and O–H groups in total. The Labute approximate surface area is 155 Å². The molecule has 1 saturated carbocycles.